The van der Waals surface area contributed by atoms with Gasteiger partial charge in [-0.25, -0.2) is 4.79 Å². The fraction of sp³-hybridized carbons (Fsp3) is 0.200. The first kappa shape index (κ1) is 18.8. The molecule has 27 heavy (non-hydrogen) atoms. The van der Waals surface area contributed by atoms with Crippen LogP contribution in [0.2, 0.25) is 5.02 Å². The van der Waals surface area contributed by atoms with Crippen LogP contribution in [0.3, 0.4) is 0 Å². The summed E-state index contributed by atoms with van der Waals surface area (Å²) in [6, 6.07) is 8.43. The summed E-state index contributed by atoms with van der Waals surface area (Å²) < 4.78 is 11.0. The third kappa shape index (κ3) is 4.23. The Morgan fingerprint density at radius 1 is 1.15 bits per heavy atom. The van der Waals surface area contributed by atoms with Gasteiger partial charge in [0.2, 0.25) is 0 Å². The van der Waals surface area contributed by atoms with Gasteiger partial charge in [-0.15, -0.1) is 0 Å². The summed E-state index contributed by atoms with van der Waals surface area (Å²) in [7, 11) is 1.53. The minimum Gasteiger partial charge on any atom is -0.493 e. The number of aromatic amines is 2. The molecular formula is C20H19ClN2O4. The lowest BCUT2D eigenvalue weighted by Crippen LogP contribution is -2.07. The highest BCUT2D eigenvalue weighted by atomic mass is 35.5. The number of aromatic nitrogens is 2. The second-order valence-corrected chi connectivity index (χ2v) is 6.64. The van der Waals surface area contributed by atoms with E-state index in [2.05, 4.69) is 9.97 Å². The summed E-state index contributed by atoms with van der Waals surface area (Å²) in [6.07, 6.45) is 3.05. The largest absolute Gasteiger partial charge is 0.493 e. The van der Waals surface area contributed by atoms with Crippen molar-refractivity contribution >= 4 is 34.5 Å². The van der Waals surface area contributed by atoms with E-state index in [4.69, 9.17) is 21.1 Å². The van der Waals surface area contributed by atoms with Gasteiger partial charge in [0.25, 0.3) is 0 Å². The number of nitrogens with one attached hydrogen (secondary N) is 2. The van der Waals surface area contributed by atoms with E-state index in [1.54, 1.807) is 36.4 Å². The van der Waals surface area contributed by atoms with Crippen molar-refractivity contribution < 1.29 is 14.3 Å². The number of ether oxygens (including phenoxy) is 2. The van der Waals surface area contributed by atoms with Crippen LogP contribution < -0.4 is 15.2 Å². The van der Waals surface area contributed by atoms with Gasteiger partial charge in [0.15, 0.2) is 17.3 Å². The zero-order valence-corrected chi connectivity index (χ0v) is 15.9. The Balaban J connectivity index is 1.86. The number of benzene rings is 2. The number of halogens is 1. The molecule has 6 nitrogen and oxygen atoms in total. The Morgan fingerprint density at radius 2 is 1.89 bits per heavy atom. The normalized spacial score (nSPS) is 11.4. The quantitative estimate of drug-likeness (QED) is 0.491. The van der Waals surface area contributed by atoms with Gasteiger partial charge in [-0.2, -0.15) is 0 Å². The second kappa shape index (κ2) is 7.72. The van der Waals surface area contributed by atoms with Crippen LogP contribution in [0, 0.1) is 0 Å². The number of hydrogen-bond donors (Lipinski definition) is 2. The number of fused-ring (bicyclic) bond motifs is 1. The Labute approximate surface area is 160 Å². The minimum atomic E-state index is -0.310. The maximum absolute atomic E-state index is 12.4. The molecule has 0 atom stereocenters. The van der Waals surface area contributed by atoms with E-state index in [0.717, 1.165) is 0 Å². The van der Waals surface area contributed by atoms with E-state index >= 15 is 0 Å². The van der Waals surface area contributed by atoms with Crippen molar-refractivity contribution in [2.24, 2.45) is 0 Å². The summed E-state index contributed by atoms with van der Waals surface area (Å²) in [5, 5.41) is 0.404. The van der Waals surface area contributed by atoms with E-state index in [9.17, 15) is 9.59 Å². The van der Waals surface area contributed by atoms with Crippen molar-refractivity contribution in [2.45, 2.75) is 20.0 Å². The topological polar surface area (TPSA) is 84.2 Å². The number of carbonyl (C=O) groups is 1. The Hall–Kier alpha value is -2.99. The molecule has 2 aromatic carbocycles. The molecule has 0 radical (unpaired) electrons. The number of rotatable bonds is 6. The van der Waals surface area contributed by atoms with Gasteiger partial charge in [-0.3, -0.25) is 4.79 Å². The van der Waals surface area contributed by atoms with Crippen molar-refractivity contribution in [3.63, 3.8) is 0 Å². The van der Waals surface area contributed by atoms with E-state index in [-0.39, 0.29) is 17.6 Å². The third-order valence-corrected chi connectivity index (χ3v) is 4.11. The molecule has 3 aromatic rings. The Morgan fingerprint density at radius 3 is 2.59 bits per heavy atom. The lowest BCUT2D eigenvalue weighted by atomic mass is 10.1. The van der Waals surface area contributed by atoms with Crippen LogP contribution in [-0.4, -0.2) is 29.0 Å². The summed E-state index contributed by atoms with van der Waals surface area (Å²) in [5.41, 5.74) is 2.09. The first-order valence-electron chi connectivity index (χ1n) is 8.36. The molecule has 0 saturated carbocycles. The van der Waals surface area contributed by atoms with E-state index < -0.39 is 0 Å². The first-order valence-corrected chi connectivity index (χ1v) is 8.74. The lowest BCUT2D eigenvalue weighted by molar-refractivity contribution is 0.104. The van der Waals surface area contributed by atoms with E-state index in [1.165, 1.54) is 13.2 Å². The predicted molar refractivity (Wildman–Crippen MR) is 106 cm³/mol. The average Bonchev–Trinajstić information content (AvgIpc) is 3.00. The maximum Gasteiger partial charge on any atom is 0.323 e. The molecule has 0 bridgehead atoms. The highest BCUT2D eigenvalue weighted by Gasteiger charge is 2.13. The zero-order chi connectivity index (χ0) is 19.6. The summed E-state index contributed by atoms with van der Waals surface area (Å²) in [4.78, 5) is 29.0. The standard InChI is InChI=1S/C20H19ClN2O4/c1-11(2)27-19-14(21)8-12(9-18(19)26-3)4-7-17(24)13-5-6-15-16(10-13)23-20(25)22-15/h4-11H,1-3H3,(H2,22,23,25)/b7-4+. The highest BCUT2D eigenvalue weighted by Crippen LogP contribution is 2.37. The van der Waals surface area contributed by atoms with Gasteiger partial charge in [0.05, 0.1) is 29.3 Å². The Kier molecular flexibility index (Phi) is 5.37. The maximum atomic E-state index is 12.4. The van der Waals surface area contributed by atoms with Gasteiger partial charge < -0.3 is 19.4 Å². The van der Waals surface area contributed by atoms with Crippen LogP contribution in [0.1, 0.15) is 29.8 Å². The minimum absolute atomic E-state index is 0.0471. The van der Waals surface area contributed by atoms with Crippen LogP contribution in [0.5, 0.6) is 11.5 Å². The zero-order valence-electron chi connectivity index (χ0n) is 15.1. The lowest BCUT2D eigenvalue weighted by Gasteiger charge is -2.15. The number of methoxy groups -OCH3 is 1. The van der Waals surface area contributed by atoms with Crippen LogP contribution >= 0.6 is 11.6 Å². The fourth-order valence-electron chi connectivity index (χ4n) is 2.64. The number of hydrogen-bond acceptors (Lipinski definition) is 4. The van der Waals surface area contributed by atoms with Gasteiger partial charge in [0, 0.05) is 5.56 Å². The molecule has 0 unspecified atom stereocenters. The molecule has 0 fully saturated rings. The van der Waals surface area contributed by atoms with E-state index in [0.29, 0.717) is 38.7 Å². The number of ketones is 1. The summed E-state index contributed by atoms with van der Waals surface area (Å²) >= 11 is 6.30. The van der Waals surface area contributed by atoms with Crippen molar-refractivity contribution in [1.29, 1.82) is 0 Å². The molecule has 1 heterocycles. The fourth-order valence-corrected chi connectivity index (χ4v) is 2.90. The van der Waals surface area contributed by atoms with E-state index in [1.807, 2.05) is 13.8 Å². The average molecular weight is 387 g/mol. The number of allylic oxidation sites excluding steroid dienone is 1. The van der Waals surface area contributed by atoms with Crippen LogP contribution in [0.25, 0.3) is 17.1 Å². The molecule has 1 aromatic heterocycles. The molecule has 140 valence electrons. The van der Waals surface area contributed by atoms with Crippen LogP contribution in [0.15, 0.2) is 41.2 Å². The van der Waals surface area contributed by atoms with Crippen molar-refractivity contribution in [3.8, 4) is 11.5 Å². The van der Waals surface area contributed by atoms with Crippen LogP contribution in [0.4, 0.5) is 0 Å². The summed E-state index contributed by atoms with van der Waals surface area (Å²) in [5.74, 6) is 0.769. The molecule has 2 N–H and O–H groups in total. The molecule has 0 spiro atoms. The molecule has 0 saturated heterocycles. The number of H-pyrrole nitrogens is 2. The third-order valence-electron chi connectivity index (χ3n) is 3.83. The predicted octanol–water partition coefficient (Wildman–Crippen LogP) is 4.20. The highest BCUT2D eigenvalue weighted by molar-refractivity contribution is 6.32. The van der Waals surface area contributed by atoms with Gasteiger partial charge in [0.1, 0.15) is 0 Å². The number of carbonyl (C=O) groups excluding carboxylic acids is 1. The van der Waals surface area contributed by atoms with Gasteiger partial charge in [-0.1, -0.05) is 17.7 Å². The molecular weight excluding hydrogens is 368 g/mol. The number of imidazole rings is 1. The Bertz CT molecular complexity index is 1080. The first-order chi connectivity index (χ1) is 12.9. The van der Waals surface area contributed by atoms with Crippen molar-refractivity contribution in [1.82, 2.24) is 9.97 Å². The van der Waals surface area contributed by atoms with Crippen LogP contribution in [-0.2, 0) is 0 Å². The summed E-state index contributed by atoms with van der Waals surface area (Å²) in [6.45, 7) is 3.80. The molecule has 0 amide bonds. The van der Waals surface area contributed by atoms with Gasteiger partial charge >= 0.3 is 5.69 Å². The monoisotopic (exact) mass is 386 g/mol. The molecule has 7 heteroatoms. The van der Waals surface area contributed by atoms with Crippen molar-refractivity contribution in [2.75, 3.05) is 7.11 Å². The smallest absolute Gasteiger partial charge is 0.323 e. The van der Waals surface area contributed by atoms with Crippen molar-refractivity contribution in [3.05, 3.63) is 63.0 Å². The molecule has 0 aliphatic rings. The molecule has 0 aliphatic heterocycles. The van der Waals surface area contributed by atoms with Gasteiger partial charge in [-0.05, 0) is 55.8 Å². The molecule has 0 aliphatic carbocycles. The molecule has 3 rings (SSSR count). The SMILES string of the molecule is COc1cc(/C=C/C(=O)c2ccc3[nH]c(=O)[nH]c3c2)cc(Cl)c1OC(C)C. The second-order valence-electron chi connectivity index (χ2n) is 6.24.